The van der Waals surface area contributed by atoms with Crippen molar-refractivity contribution in [3.8, 4) is 5.75 Å². The minimum Gasteiger partial charge on any atom is -0.506 e. The van der Waals surface area contributed by atoms with Crippen LogP contribution in [0.2, 0.25) is 5.02 Å². The van der Waals surface area contributed by atoms with Crippen LogP contribution in [-0.4, -0.2) is 15.0 Å². The summed E-state index contributed by atoms with van der Waals surface area (Å²) in [5, 5.41) is 20.4. The summed E-state index contributed by atoms with van der Waals surface area (Å²) in [6.45, 7) is 0. The number of aromatic hydroxyl groups is 1. The molecule has 1 heterocycles. The zero-order chi connectivity index (χ0) is 11.0. The predicted octanol–water partition coefficient (Wildman–Crippen LogP) is 2.50. The van der Waals surface area contributed by atoms with E-state index < -0.39 is 4.92 Å². The molecule has 0 spiro atoms. The third kappa shape index (κ3) is 1.69. The number of pyridine rings is 1. The predicted molar refractivity (Wildman–Crippen MR) is 55.1 cm³/mol. The number of nitro groups is 1. The molecule has 0 amide bonds. The Kier molecular flexibility index (Phi) is 2.17. The van der Waals surface area contributed by atoms with Gasteiger partial charge in [-0.15, -0.1) is 0 Å². The Hall–Kier alpha value is -1.88. The Morgan fingerprint density at radius 2 is 2.13 bits per heavy atom. The van der Waals surface area contributed by atoms with Crippen molar-refractivity contribution in [2.24, 2.45) is 0 Å². The van der Waals surface area contributed by atoms with Crippen molar-refractivity contribution in [1.29, 1.82) is 0 Å². The summed E-state index contributed by atoms with van der Waals surface area (Å²) in [6.07, 6.45) is 1.24. The highest BCUT2D eigenvalue weighted by molar-refractivity contribution is 6.35. The second-order valence-electron chi connectivity index (χ2n) is 2.95. The second kappa shape index (κ2) is 3.36. The number of hydrogen-bond acceptors (Lipinski definition) is 4. The summed E-state index contributed by atoms with van der Waals surface area (Å²) in [4.78, 5) is 13.9. The van der Waals surface area contributed by atoms with E-state index in [0.29, 0.717) is 10.9 Å². The fourth-order valence-electron chi connectivity index (χ4n) is 1.28. The topological polar surface area (TPSA) is 76.3 Å². The lowest BCUT2D eigenvalue weighted by Crippen LogP contribution is -1.89. The minimum absolute atomic E-state index is 0.0564. The van der Waals surface area contributed by atoms with Gasteiger partial charge in [-0.2, -0.15) is 0 Å². The lowest BCUT2D eigenvalue weighted by molar-refractivity contribution is -0.384. The molecule has 15 heavy (non-hydrogen) atoms. The molecule has 0 atom stereocenters. The fourth-order valence-corrected chi connectivity index (χ4v) is 1.55. The third-order valence-electron chi connectivity index (χ3n) is 1.92. The van der Waals surface area contributed by atoms with Crippen LogP contribution in [0.15, 0.2) is 24.4 Å². The van der Waals surface area contributed by atoms with E-state index in [9.17, 15) is 15.2 Å². The minimum atomic E-state index is -0.546. The van der Waals surface area contributed by atoms with Crippen LogP contribution in [0, 0.1) is 10.1 Å². The molecule has 2 rings (SSSR count). The van der Waals surface area contributed by atoms with Crippen molar-refractivity contribution < 1.29 is 10.0 Å². The first-order valence-corrected chi connectivity index (χ1v) is 4.38. The first-order valence-electron chi connectivity index (χ1n) is 4.00. The molecule has 1 N–H and O–H groups in total. The molecule has 76 valence electrons. The Labute approximate surface area is 89.1 Å². The second-order valence-corrected chi connectivity index (χ2v) is 3.36. The van der Waals surface area contributed by atoms with E-state index in [2.05, 4.69) is 4.98 Å². The molecule has 0 saturated heterocycles. The number of nitrogens with zero attached hydrogens (tertiary/aromatic N) is 2. The normalized spacial score (nSPS) is 10.5. The molecule has 5 nitrogen and oxygen atoms in total. The van der Waals surface area contributed by atoms with Crippen LogP contribution in [0.4, 0.5) is 5.69 Å². The SMILES string of the molecule is O=[N+]([O-])c1cc(Cl)c2ncc(O)cc2c1. The number of aromatic nitrogens is 1. The average Bonchev–Trinajstić information content (AvgIpc) is 2.16. The van der Waals surface area contributed by atoms with E-state index in [-0.39, 0.29) is 16.5 Å². The monoisotopic (exact) mass is 224 g/mol. The Balaban J connectivity index is 2.79. The van der Waals surface area contributed by atoms with Gasteiger partial charge in [0, 0.05) is 17.5 Å². The molecule has 0 unspecified atom stereocenters. The van der Waals surface area contributed by atoms with Crippen LogP contribution >= 0.6 is 11.6 Å². The molecular formula is C9H5ClN2O3. The number of hydrogen-bond donors (Lipinski definition) is 1. The number of halogens is 1. The van der Waals surface area contributed by atoms with Gasteiger partial charge < -0.3 is 5.11 Å². The highest BCUT2D eigenvalue weighted by atomic mass is 35.5. The molecule has 1 aromatic carbocycles. The highest BCUT2D eigenvalue weighted by Gasteiger charge is 2.11. The van der Waals surface area contributed by atoms with Crippen molar-refractivity contribution >= 4 is 28.2 Å². The molecule has 0 bridgehead atoms. The molecule has 0 radical (unpaired) electrons. The molecule has 6 heteroatoms. The molecule has 0 aliphatic heterocycles. The summed E-state index contributed by atoms with van der Waals surface area (Å²) in [5.74, 6) is -0.0564. The largest absolute Gasteiger partial charge is 0.506 e. The van der Waals surface area contributed by atoms with Gasteiger partial charge in [0.2, 0.25) is 0 Å². The van der Waals surface area contributed by atoms with Crippen LogP contribution in [0.25, 0.3) is 10.9 Å². The van der Waals surface area contributed by atoms with Crippen LogP contribution in [-0.2, 0) is 0 Å². The zero-order valence-electron chi connectivity index (χ0n) is 7.35. The van der Waals surface area contributed by atoms with E-state index in [0.717, 1.165) is 0 Å². The smallest absolute Gasteiger partial charge is 0.271 e. The fraction of sp³-hybridized carbons (Fsp3) is 0. The molecule has 0 saturated carbocycles. The van der Waals surface area contributed by atoms with E-state index >= 15 is 0 Å². The maximum atomic E-state index is 10.5. The van der Waals surface area contributed by atoms with Crippen LogP contribution in [0.3, 0.4) is 0 Å². The van der Waals surface area contributed by atoms with Gasteiger partial charge in [-0.05, 0) is 6.07 Å². The summed E-state index contributed by atoms with van der Waals surface area (Å²) in [7, 11) is 0. The lowest BCUT2D eigenvalue weighted by Gasteiger charge is -2.00. The van der Waals surface area contributed by atoms with E-state index in [1.54, 1.807) is 0 Å². The third-order valence-corrected chi connectivity index (χ3v) is 2.21. The van der Waals surface area contributed by atoms with Crippen LogP contribution in [0.5, 0.6) is 5.75 Å². The number of benzene rings is 1. The van der Waals surface area contributed by atoms with Crippen molar-refractivity contribution in [2.75, 3.05) is 0 Å². The highest BCUT2D eigenvalue weighted by Crippen LogP contribution is 2.29. The molecule has 0 aliphatic rings. The average molecular weight is 225 g/mol. The molecule has 1 aromatic heterocycles. The number of nitro benzene ring substituents is 1. The molecule has 0 aliphatic carbocycles. The van der Waals surface area contributed by atoms with Crippen LogP contribution < -0.4 is 0 Å². The zero-order valence-corrected chi connectivity index (χ0v) is 8.10. The number of fused-ring (bicyclic) bond motifs is 1. The molecular weight excluding hydrogens is 220 g/mol. The summed E-state index contributed by atoms with van der Waals surface area (Å²) < 4.78 is 0. The first kappa shape index (κ1) is 9.67. The summed E-state index contributed by atoms with van der Waals surface area (Å²) >= 11 is 5.81. The van der Waals surface area contributed by atoms with Gasteiger partial charge in [0.05, 0.1) is 21.7 Å². The molecule has 0 fully saturated rings. The van der Waals surface area contributed by atoms with E-state index in [1.165, 1.54) is 24.4 Å². The maximum Gasteiger partial charge on any atom is 0.271 e. The summed E-state index contributed by atoms with van der Waals surface area (Å²) in [6, 6.07) is 3.92. The molecule has 2 aromatic rings. The quantitative estimate of drug-likeness (QED) is 0.596. The van der Waals surface area contributed by atoms with Gasteiger partial charge >= 0.3 is 0 Å². The van der Waals surface area contributed by atoms with E-state index in [4.69, 9.17) is 11.6 Å². The van der Waals surface area contributed by atoms with Crippen molar-refractivity contribution in [3.05, 3.63) is 39.5 Å². The van der Waals surface area contributed by atoms with Crippen molar-refractivity contribution in [2.45, 2.75) is 0 Å². The lowest BCUT2D eigenvalue weighted by atomic mass is 10.2. The van der Waals surface area contributed by atoms with Gasteiger partial charge in [-0.3, -0.25) is 15.1 Å². The van der Waals surface area contributed by atoms with Gasteiger partial charge in [0.15, 0.2) is 0 Å². The standard InChI is InChI=1S/C9H5ClN2O3/c10-8-3-6(12(14)15)1-5-2-7(13)4-11-9(5)8/h1-4,13H. The Bertz CT molecular complexity index is 556. The van der Waals surface area contributed by atoms with Gasteiger partial charge in [-0.1, -0.05) is 11.6 Å². The number of rotatable bonds is 1. The van der Waals surface area contributed by atoms with Gasteiger partial charge in [0.1, 0.15) is 5.75 Å². The van der Waals surface area contributed by atoms with E-state index in [1.807, 2.05) is 0 Å². The van der Waals surface area contributed by atoms with Crippen molar-refractivity contribution in [1.82, 2.24) is 4.98 Å². The van der Waals surface area contributed by atoms with Gasteiger partial charge in [0.25, 0.3) is 5.69 Å². The maximum absolute atomic E-state index is 10.5. The Morgan fingerprint density at radius 3 is 2.80 bits per heavy atom. The Morgan fingerprint density at radius 1 is 1.40 bits per heavy atom. The first-order chi connectivity index (χ1) is 7.08. The summed E-state index contributed by atoms with van der Waals surface area (Å²) in [5.41, 5.74) is 0.306. The van der Waals surface area contributed by atoms with Crippen molar-refractivity contribution in [3.63, 3.8) is 0 Å². The number of non-ortho nitro benzene ring substituents is 1. The van der Waals surface area contributed by atoms with Crippen LogP contribution in [0.1, 0.15) is 0 Å². The van der Waals surface area contributed by atoms with Gasteiger partial charge in [-0.25, -0.2) is 0 Å².